The summed E-state index contributed by atoms with van der Waals surface area (Å²) in [5.41, 5.74) is 1.69. The third-order valence-corrected chi connectivity index (χ3v) is 6.22. The van der Waals surface area contributed by atoms with Crippen LogP contribution in [0.1, 0.15) is 16.0 Å². The lowest BCUT2D eigenvalue weighted by Crippen LogP contribution is -2.24. The smallest absolute Gasteiger partial charge is 0.241 e. The van der Waals surface area contributed by atoms with E-state index in [2.05, 4.69) is 26.0 Å². The minimum atomic E-state index is -3.51. The van der Waals surface area contributed by atoms with Crippen molar-refractivity contribution in [2.75, 3.05) is 7.05 Å². The second-order valence-electron chi connectivity index (χ2n) is 4.69. The summed E-state index contributed by atoms with van der Waals surface area (Å²) in [6.07, 6.45) is 0. The average Bonchev–Trinajstić information content (AvgIpc) is 2.85. The van der Waals surface area contributed by atoms with Gasteiger partial charge in [-0.05, 0) is 53.2 Å². The Morgan fingerprint density at radius 1 is 1.24 bits per heavy atom. The van der Waals surface area contributed by atoms with Crippen LogP contribution in [0.15, 0.2) is 39.0 Å². The Hall–Kier alpha value is -0.730. The van der Waals surface area contributed by atoms with Crippen molar-refractivity contribution in [2.45, 2.75) is 24.9 Å². The number of aryl methyl sites for hydroxylation is 1. The molecule has 0 aliphatic rings. The fourth-order valence-corrected chi connectivity index (χ4v) is 4.72. The number of hydrogen-bond acceptors (Lipinski definition) is 4. The molecule has 0 bridgehead atoms. The fourth-order valence-electron chi connectivity index (χ4n) is 1.94. The third-order valence-electron chi connectivity index (χ3n) is 2.98. The summed E-state index contributed by atoms with van der Waals surface area (Å²) in [7, 11) is -1.67. The Morgan fingerprint density at radius 2 is 2.00 bits per heavy atom. The molecule has 0 saturated heterocycles. The molecule has 0 atom stereocenters. The number of halogens is 1. The summed E-state index contributed by atoms with van der Waals surface area (Å²) >= 11 is 4.88. The first-order valence-electron chi connectivity index (χ1n) is 6.39. The Balaban J connectivity index is 2.20. The van der Waals surface area contributed by atoms with Crippen LogP contribution in [0.25, 0.3) is 0 Å². The van der Waals surface area contributed by atoms with Crippen LogP contribution in [0.4, 0.5) is 0 Å². The van der Waals surface area contributed by atoms with Gasteiger partial charge in [-0.15, -0.1) is 11.3 Å². The molecule has 0 aliphatic carbocycles. The molecule has 2 N–H and O–H groups in total. The first kappa shape index (κ1) is 16.6. The van der Waals surface area contributed by atoms with Crippen molar-refractivity contribution in [3.8, 4) is 0 Å². The third kappa shape index (κ3) is 4.37. The molecule has 0 amide bonds. The lowest BCUT2D eigenvalue weighted by Gasteiger charge is -2.10. The van der Waals surface area contributed by atoms with Gasteiger partial charge in [-0.3, -0.25) is 0 Å². The van der Waals surface area contributed by atoms with Crippen LogP contribution in [0.3, 0.4) is 0 Å². The van der Waals surface area contributed by atoms with Gasteiger partial charge < -0.3 is 5.32 Å². The lowest BCUT2D eigenvalue weighted by atomic mass is 10.1. The van der Waals surface area contributed by atoms with Crippen molar-refractivity contribution in [1.29, 1.82) is 0 Å². The predicted molar refractivity (Wildman–Crippen MR) is 90.0 cm³/mol. The van der Waals surface area contributed by atoms with Crippen molar-refractivity contribution in [3.05, 3.63) is 50.1 Å². The Labute approximate surface area is 137 Å². The molecule has 114 valence electrons. The second kappa shape index (κ2) is 7.02. The van der Waals surface area contributed by atoms with Crippen LogP contribution >= 0.6 is 27.3 Å². The number of thiophene rings is 1. The van der Waals surface area contributed by atoms with Gasteiger partial charge >= 0.3 is 0 Å². The standard InChI is InChI=1S/C14H17BrN2O2S2/c1-10-3-4-11(7-16-2)5-14(10)21(18,19)17-8-13-6-12(15)9-20-13/h3-6,9,16-17H,7-8H2,1-2H3. The molecule has 1 aromatic heterocycles. The summed E-state index contributed by atoms with van der Waals surface area (Å²) in [5.74, 6) is 0. The average molecular weight is 389 g/mol. The van der Waals surface area contributed by atoms with Gasteiger partial charge in [-0.2, -0.15) is 0 Å². The molecule has 4 nitrogen and oxygen atoms in total. The van der Waals surface area contributed by atoms with Crippen molar-refractivity contribution in [1.82, 2.24) is 10.0 Å². The number of nitrogens with one attached hydrogen (secondary N) is 2. The number of sulfonamides is 1. The van der Waals surface area contributed by atoms with Gasteiger partial charge in [0.15, 0.2) is 0 Å². The van der Waals surface area contributed by atoms with Crippen LogP contribution in [-0.2, 0) is 23.1 Å². The van der Waals surface area contributed by atoms with E-state index in [0.717, 1.165) is 20.5 Å². The maximum absolute atomic E-state index is 12.5. The van der Waals surface area contributed by atoms with E-state index in [9.17, 15) is 8.42 Å². The van der Waals surface area contributed by atoms with Crippen LogP contribution in [-0.4, -0.2) is 15.5 Å². The van der Waals surface area contributed by atoms with Crippen molar-refractivity contribution < 1.29 is 8.42 Å². The fraction of sp³-hybridized carbons (Fsp3) is 0.286. The van der Waals surface area contributed by atoms with E-state index in [1.165, 1.54) is 11.3 Å². The van der Waals surface area contributed by atoms with E-state index in [0.29, 0.717) is 18.0 Å². The Kier molecular flexibility index (Phi) is 5.56. The summed E-state index contributed by atoms with van der Waals surface area (Å²) < 4.78 is 28.5. The first-order valence-corrected chi connectivity index (χ1v) is 9.54. The van der Waals surface area contributed by atoms with Crippen molar-refractivity contribution in [2.24, 2.45) is 0 Å². The molecule has 0 saturated carbocycles. The molecular weight excluding hydrogens is 372 g/mol. The molecule has 0 aliphatic heterocycles. The van der Waals surface area contributed by atoms with Crippen molar-refractivity contribution in [3.63, 3.8) is 0 Å². The number of hydrogen-bond donors (Lipinski definition) is 2. The molecule has 2 aromatic rings. The van der Waals surface area contributed by atoms with Crippen LogP contribution in [0.2, 0.25) is 0 Å². The largest absolute Gasteiger partial charge is 0.316 e. The zero-order valence-electron chi connectivity index (χ0n) is 11.8. The van der Waals surface area contributed by atoms with Crippen LogP contribution < -0.4 is 10.0 Å². The topological polar surface area (TPSA) is 58.2 Å². The van der Waals surface area contributed by atoms with Gasteiger partial charge in [0.05, 0.1) is 4.90 Å². The van der Waals surface area contributed by atoms with E-state index in [1.54, 1.807) is 13.0 Å². The van der Waals surface area contributed by atoms with Crippen LogP contribution in [0.5, 0.6) is 0 Å². The molecule has 1 heterocycles. The molecule has 0 spiro atoms. The number of rotatable bonds is 6. The molecule has 0 radical (unpaired) electrons. The quantitative estimate of drug-likeness (QED) is 0.799. The molecule has 21 heavy (non-hydrogen) atoms. The van der Waals surface area contributed by atoms with E-state index >= 15 is 0 Å². The SMILES string of the molecule is CNCc1ccc(C)c(S(=O)(=O)NCc2cc(Br)cs2)c1. The van der Waals surface area contributed by atoms with E-state index < -0.39 is 10.0 Å². The van der Waals surface area contributed by atoms with E-state index in [1.807, 2.05) is 30.6 Å². The van der Waals surface area contributed by atoms with Gasteiger partial charge in [0.25, 0.3) is 0 Å². The normalized spacial score (nSPS) is 11.8. The Morgan fingerprint density at radius 3 is 2.62 bits per heavy atom. The number of benzene rings is 1. The molecule has 1 aromatic carbocycles. The molecule has 2 rings (SSSR count). The molecule has 0 unspecified atom stereocenters. The summed E-state index contributed by atoms with van der Waals surface area (Å²) in [6, 6.07) is 7.40. The monoisotopic (exact) mass is 388 g/mol. The van der Waals surface area contributed by atoms with Gasteiger partial charge in [0, 0.05) is 27.8 Å². The van der Waals surface area contributed by atoms with Gasteiger partial charge in [-0.25, -0.2) is 13.1 Å². The molecule has 0 fully saturated rings. The second-order valence-corrected chi connectivity index (χ2v) is 8.33. The van der Waals surface area contributed by atoms with E-state index in [-0.39, 0.29) is 0 Å². The summed E-state index contributed by atoms with van der Waals surface area (Å²) in [5, 5.41) is 4.96. The van der Waals surface area contributed by atoms with Crippen LogP contribution in [0, 0.1) is 6.92 Å². The highest BCUT2D eigenvalue weighted by atomic mass is 79.9. The van der Waals surface area contributed by atoms with Crippen molar-refractivity contribution >= 4 is 37.3 Å². The van der Waals surface area contributed by atoms with Gasteiger partial charge in [0.2, 0.25) is 10.0 Å². The zero-order valence-corrected chi connectivity index (χ0v) is 15.0. The van der Waals surface area contributed by atoms with Gasteiger partial charge in [0.1, 0.15) is 0 Å². The highest BCUT2D eigenvalue weighted by Crippen LogP contribution is 2.21. The highest BCUT2D eigenvalue weighted by molar-refractivity contribution is 9.10. The highest BCUT2D eigenvalue weighted by Gasteiger charge is 2.17. The molecule has 7 heteroatoms. The minimum absolute atomic E-state index is 0.300. The minimum Gasteiger partial charge on any atom is -0.316 e. The lowest BCUT2D eigenvalue weighted by molar-refractivity contribution is 0.581. The molecular formula is C14H17BrN2O2S2. The predicted octanol–water partition coefficient (Wildman–Crippen LogP) is 3.02. The zero-order chi connectivity index (χ0) is 15.5. The maximum Gasteiger partial charge on any atom is 0.241 e. The summed E-state index contributed by atoms with van der Waals surface area (Å²) in [4.78, 5) is 1.31. The first-order chi connectivity index (χ1) is 9.92. The Bertz CT molecular complexity index is 726. The van der Waals surface area contributed by atoms with Gasteiger partial charge in [-0.1, -0.05) is 12.1 Å². The summed E-state index contributed by atoms with van der Waals surface area (Å²) in [6.45, 7) is 2.74. The maximum atomic E-state index is 12.5. The van der Waals surface area contributed by atoms with E-state index in [4.69, 9.17) is 0 Å².